The van der Waals surface area contributed by atoms with Gasteiger partial charge in [0.25, 0.3) is 0 Å². The number of unbranched alkanes of at least 4 members (excludes halogenated alkanes) is 1. The van der Waals surface area contributed by atoms with E-state index in [0.717, 1.165) is 37.2 Å². The molecule has 190 valence electrons. The molecule has 0 aliphatic carbocycles. The Hall–Kier alpha value is -3.89. The van der Waals surface area contributed by atoms with Crippen LogP contribution >= 0.6 is 0 Å². The van der Waals surface area contributed by atoms with E-state index in [2.05, 4.69) is 27.2 Å². The number of anilines is 1. The number of aromatic nitrogens is 4. The Bertz CT molecular complexity index is 1320. The zero-order chi connectivity index (χ0) is 25.3. The lowest BCUT2D eigenvalue weighted by atomic mass is 10.2. The van der Waals surface area contributed by atoms with Crippen molar-refractivity contribution in [2.75, 3.05) is 32.6 Å². The third kappa shape index (κ3) is 6.41. The fourth-order valence-electron chi connectivity index (χ4n) is 3.61. The molecule has 0 fully saturated rings. The predicted molar refractivity (Wildman–Crippen MR) is 139 cm³/mol. The minimum Gasteiger partial charge on any atom is -0.463 e. The van der Waals surface area contributed by atoms with Crippen LogP contribution in [0.3, 0.4) is 0 Å². The van der Waals surface area contributed by atoms with Crippen LogP contribution in [0, 0.1) is 0 Å². The van der Waals surface area contributed by atoms with Crippen molar-refractivity contribution in [3.63, 3.8) is 0 Å². The van der Waals surface area contributed by atoms with Gasteiger partial charge in [0.15, 0.2) is 11.5 Å². The van der Waals surface area contributed by atoms with E-state index in [1.54, 1.807) is 7.11 Å². The lowest BCUT2D eigenvalue weighted by Gasteiger charge is -2.09. The van der Waals surface area contributed by atoms with E-state index in [1.165, 1.54) is 10.1 Å². The van der Waals surface area contributed by atoms with E-state index >= 15 is 0 Å². The Labute approximate surface area is 209 Å². The number of rotatable bonds is 13. The molecule has 0 saturated carbocycles. The predicted octanol–water partition coefficient (Wildman–Crippen LogP) is 3.46. The van der Waals surface area contributed by atoms with Gasteiger partial charge in [0, 0.05) is 20.2 Å². The van der Waals surface area contributed by atoms with E-state index in [4.69, 9.17) is 19.9 Å². The Morgan fingerprint density at radius 3 is 2.36 bits per heavy atom. The summed E-state index contributed by atoms with van der Waals surface area (Å²) in [6, 6.07) is 15.7. The Morgan fingerprint density at radius 1 is 1.00 bits per heavy atom. The standard InChI is InChI=1S/C26H32N6O4/c1-3-4-14-35-25-30-23(27)22-24(31-25)32(26(33)29-22)17-19-7-11-21(12-8-19)36-20-9-5-18(6-10-20)16-28-13-15-34-2/h5-12,28H,3-4,13-17H2,1-2H3,(H,29,33)(H2,27,30,31). The number of fused-ring (bicyclic) bond motifs is 1. The van der Waals surface area contributed by atoms with Gasteiger partial charge in [0.05, 0.1) is 19.8 Å². The molecule has 0 unspecified atom stereocenters. The minimum atomic E-state index is -0.311. The number of imidazole rings is 1. The molecule has 0 atom stereocenters. The van der Waals surface area contributed by atoms with Crippen LogP contribution < -0.4 is 26.2 Å². The molecule has 0 bridgehead atoms. The number of nitrogens with two attached hydrogens (primary N) is 1. The lowest BCUT2D eigenvalue weighted by Crippen LogP contribution is -2.18. The summed E-state index contributed by atoms with van der Waals surface area (Å²) in [7, 11) is 1.69. The van der Waals surface area contributed by atoms with Gasteiger partial charge in [0.1, 0.15) is 17.0 Å². The van der Waals surface area contributed by atoms with Crippen LogP contribution in [0.15, 0.2) is 53.3 Å². The highest BCUT2D eigenvalue weighted by atomic mass is 16.5. The second kappa shape index (κ2) is 12.2. The van der Waals surface area contributed by atoms with Gasteiger partial charge in [-0.05, 0) is 41.8 Å². The molecule has 0 spiro atoms. The monoisotopic (exact) mass is 492 g/mol. The number of ether oxygens (including phenoxy) is 3. The topological polar surface area (TPSA) is 129 Å². The van der Waals surface area contributed by atoms with Crippen molar-refractivity contribution in [3.05, 3.63) is 70.1 Å². The van der Waals surface area contributed by atoms with Crippen molar-refractivity contribution in [1.82, 2.24) is 24.8 Å². The lowest BCUT2D eigenvalue weighted by molar-refractivity contribution is 0.199. The van der Waals surface area contributed by atoms with Crippen LogP contribution in [0.4, 0.5) is 5.82 Å². The molecule has 2 aromatic carbocycles. The second-order valence-electron chi connectivity index (χ2n) is 8.37. The normalized spacial score (nSPS) is 11.2. The number of H-pyrrole nitrogens is 1. The number of benzene rings is 2. The van der Waals surface area contributed by atoms with Gasteiger partial charge in [-0.25, -0.2) is 4.79 Å². The second-order valence-corrected chi connectivity index (χ2v) is 8.37. The number of hydrogen-bond acceptors (Lipinski definition) is 8. The Morgan fingerprint density at radius 2 is 1.69 bits per heavy atom. The maximum atomic E-state index is 12.6. The summed E-state index contributed by atoms with van der Waals surface area (Å²) in [5.74, 6) is 1.64. The number of nitrogens with one attached hydrogen (secondary N) is 2. The maximum absolute atomic E-state index is 12.6. The first kappa shape index (κ1) is 25.2. The van der Waals surface area contributed by atoms with Crippen molar-refractivity contribution in [2.24, 2.45) is 0 Å². The molecule has 2 heterocycles. The fourth-order valence-corrected chi connectivity index (χ4v) is 3.61. The minimum absolute atomic E-state index is 0.168. The first-order valence-electron chi connectivity index (χ1n) is 12.0. The van der Waals surface area contributed by atoms with Crippen LogP contribution in [0.2, 0.25) is 0 Å². The van der Waals surface area contributed by atoms with Crippen LogP contribution in [-0.4, -0.2) is 46.4 Å². The van der Waals surface area contributed by atoms with Gasteiger partial charge in [-0.3, -0.25) is 4.57 Å². The van der Waals surface area contributed by atoms with Gasteiger partial charge in [-0.2, -0.15) is 9.97 Å². The molecule has 0 saturated heterocycles. The van der Waals surface area contributed by atoms with E-state index < -0.39 is 0 Å². The summed E-state index contributed by atoms with van der Waals surface area (Å²) in [5.41, 5.74) is 8.62. The van der Waals surface area contributed by atoms with Gasteiger partial charge in [-0.1, -0.05) is 37.6 Å². The molecule has 4 N–H and O–H groups in total. The Kier molecular flexibility index (Phi) is 8.53. The molecule has 0 aliphatic heterocycles. The molecule has 0 aliphatic rings. The third-order valence-electron chi connectivity index (χ3n) is 5.59. The number of hydrogen-bond donors (Lipinski definition) is 3. The van der Waals surface area contributed by atoms with Crippen LogP contribution in [0.1, 0.15) is 30.9 Å². The number of aromatic amines is 1. The average molecular weight is 493 g/mol. The molecule has 0 radical (unpaired) electrons. The van der Waals surface area contributed by atoms with E-state index in [0.29, 0.717) is 36.7 Å². The smallest absolute Gasteiger partial charge is 0.328 e. The highest BCUT2D eigenvalue weighted by molar-refractivity contribution is 5.81. The summed E-state index contributed by atoms with van der Waals surface area (Å²) in [4.78, 5) is 23.9. The first-order valence-corrected chi connectivity index (χ1v) is 12.0. The van der Waals surface area contributed by atoms with Crippen molar-refractivity contribution >= 4 is 17.0 Å². The summed E-state index contributed by atoms with van der Waals surface area (Å²) in [6.45, 7) is 5.14. The molecular formula is C26H32N6O4. The average Bonchev–Trinajstić information content (AvgIpc) is 3.20. The van der Waals surface area contributed by atoms with Crippen LogP contribution in [0.5, 0.6) is 17.5 Å². The third-order valence-corrected chi connectivity index (χ3v) is 5.59. The van der Waals surface area contributed by atoms with Gasteiger partial charge < -0.3 is 30.2 Å². The quantitative estimate of drug-likeness (QED) is 0.242. The number of nitrogens with zero attached hydrogens (tertiary/aromatic N) is 3. The molecule has 36 heavy (non-hydrogen) atoms. The summed E-state index contributed by atoms with van der Waals surface area (Å²) in [5, 5.41) is 3.31. The molecular weight excluding hydrogens is 460 g/mol. The molecule has 10 heteroatoms. The van der Waals surface area contributed by atoms with E-state index in [-0.39, 0.29) is 17.5 Å². The van der Waals surface area contributed by atoms with Gasteiger partial charge in [0.2, 0.25) is 0 Å². The maximum Gasteiger partial charge on any atom is 0.328 e. The number of methoxy groups -OCH3 is 1. The zero-order valence-electron chi connectivity index (χ0n) is 20.6. The van der Waals surface area contributed by atoms with Crippen molar-refractivity contribution in [1.29, 1.82) is 0 Å². The van der Waals surface area contributed by atoms with Crippen molar-refractivity contribution in [2.45, 2.75) is 32.9 Å². The van der Waals surface area contributed by atoms with E-state index in [9.17, 15) is 4.79 Å². The molecule has 2 aromatic heterocycles. The van der Waals surface area contributed by atoms with Crippen molar-refractivity contribution in [3.8, 4) is 17.5 Å². The van der Waals surface area contributed by atoms with Crippen LogP contribution in [0.25, 0.3) is 11.2 Å². The molecule has 10 nitrogen and oxygen atoms in total. The summed E-state index contributed by atoms with van der Waals surface area (Å²) >= 11 is 0. The largest absolute Gasteiger partial charge is 0.463 e. The molecule has 4 aromatic rings. The Balaban J connectivity index is 1.42. The number of nitrogen functional groups attached to an aromatic ring is 1. The van der Waals surface area contributed by atoms with Gasteiger partial charge >= 0.3 is 11.7 Å². The molecule has 4 rings (SSSR count). The van der Waals surface area contributed by atoms with Crippen LogP contribution in [-0.2, 0) is 17.8 Å². The SMILES string of the molecule is CCCCOc1nc(N)c2[nH]c(=O)n(Cc3ccc(Oc4ccc(CNCCOC)cc4)cc3)c2n1. The summed E-state index contributed by atoms with van der Waals surface area (Å²) < 4.78 is 18.1. The highest BCUT2D eigenvalue weighted by Crippen LogP contribution is 2.23. The highest BCUT2D eigenvalue weighted by Gasteiger charge is 2.15. The van der Waals surface area contributed by atoms with Gasteiger partial charge in [-0.15, -0.1) is 0 Å². The van der Waals surface area contributed by atoms with Crippen molar-refractivity contribution < 1.29 is 14.2 Å². The molecule has 0 amide bonds. The zero-order valence-corrected chi connectivity index (χ0v) is 20.6. The first-order chi connectivity index (χ1) is 17.6. The fraction of sp³-hybridized carbons (Fsp3) is 0.346. The van der Waals surface area contributed by atoms with E-state index in [1.807, 2.05) is 48.5 Å². The summed E-state index contributed by atoms with van der Waals surface area (Å²) in [6.07, 6.45) is 1.87.